The molecule has 9 nitrogen and oxygen atoms in total. The molecule has 1 amide bonds. The smallest absolute Gasteiger partial charge is 0.337 e. The van der Waals surface area contributed by atoms with E-state index >= 15 is 0 Å². The van der Waals surface area contributed by atoms with Crippen molar-refractivity contribution in [3.05, 3.63) is 64.9 Å². The number of esters is 2. The highest BCUT2D eigenvalue weighted by atomic mass is 35.5. The van der Waals surface area contributed by atoms with Gasteiger partial charge in [-0.3, -0.25) is 9.36 Å². The molecule has 3 rings (SSSR count). The van der Waals surface area contributed by atoms with Crippen molar-refractivity contribution in [3.63, 3.8) is 0 Å². The zero-order valence-electron chi connectivity index (χ0n) is 16.5. The van der Waals surface area contributed by atoms with Gasteiger partial charge in [-0.25, -0.2) is 9.59 Å². The summed E-state index contributed by atoms with van der Waals surface area (Å²) < 4.78 is 11.1. The highest BCUT2D eigenvalue weighted by Crippen LogP contribution is 2.22. The normalized spacial score (nSPS) is 10.4. The second kappa shape index (κ2) is 10.1. The number of ether oxygens (including phenoxy) is 2. The van der Waals surface area contributed by atoms with Crippen molar-refractivity contribution in [1.82, 2.24) is 14.8 Å². The zero-order chi connectivity index (χ0) is 22.4. The number of nitrogens with one attached hydrogen (secondary N) is 1. The monoisotopic (exact) mass is 460 g/mol. The number of halogens is 1. The number of hydrogen-bond donors (Lipinski definition) is 1. The van der Waals surface area contributed by atoms with Crippen molar-refractivity contribution in [1.29, 1.82) is 0 Å². The van der Waals surface area contributed by atoms with Crippen LogP contribution in [0.3, 0.4) is 0 Å². The van der Waals surface area contributed by atoms with E-state index in [4.69, 9.17) is 11.6 Å². The van der Waals surface area contributed by atoms with Gasteiger partial charge in [0, 0.05) is 10.7 Å². The van der Waals surface area contributed by atoms with E-state index in [1.165, 1.54) is 38.7 Å². The summed E-state index contributed by atoms with van der Waals surface area (Å²) in [5.41, 5.74) is 1.22. The van der Waals surface area contributed by atoms with Crippen LogP contribution in [0.25, 0.3) is 5.69 Å². The number of nitrogens with zero attached hydrogens (tertiary/aromatic N) is 3. The molecule has 1 N–H and O–H groups in total. The quantitative estimate of drug-likeness (QED) is 0.422. The van der Waals surface area contributed by atoms with E-state index in [2.05, 4.69) is 25.0 Å². The van der Waals surface area contributed by atoms with E-state index in [0.717, 1.165) is 17.4 Å². The number of rotatable bonds is 7. The number of aromatic nitrogens is 3. The summed E-state index contributed by atoms with van der Waals surface area (Å²) in [4.78, 5) is 36.2. The van der Waals surface area contributed by atoms with Gasteiger partial charge in [-0.05, 0) is 36.4 Å². The Morgan fingerprint density at radius 1 is 1.06 bits per heavy atom. The topological polar surface area (TPSA) is 112 Å². The molecule has 1 heterocycles. The first kappa shape index (κ1) is 22.3. The Balaban J connectivity index is 1.73. The van der Waals surface area contributed by atoms with Crippen molar-refractivity contribution in [2.24, 2.45) is 0 Å². The molecule has 0 aliphatic rings. The third-order valence-corrected chi connectivity index (χ3v) is 5.17. The molecule has 31 heavy (non-hydrogen) atoms. The van der Waals surface area contributed by atoms with E-state index < -0.39 is 11.9 Å². The van der Waals surface area contributed by atoms with Crippen LogP contribution < -0.4 is 5.32 Å². The van der Waals surface area contributed by atoms with E-state index in [1.54, 1.807) is 22.8 Å². The highest BCUT2D eigenvalue weighted by molar-refractivity contribution is 7.99. The average Bonchev–Trinajstić information content (AvgIpc) is 3.25. The Labute approximate surface area is 186 Å². The maximum Gasteiger partial charge on any atom is 0.337 e. The van der Waals surface area contributed by atoms with Gasteiger partial charge in [-0.1, -0.05) is 29.4 Å². The van der Waals surface area contributed by atoms with Crippen molar-refractivity contribution in [3.8, 4) is 5.69 Å². The number of carbonyl (C=O) groups excluding carboxylic acids is 3. The molecule has 0 saturated heterocycles. The molecular weight excluding hydrogens is 444 g/mol. The molecule has 0 radical (unpaired) electrons. The first-order valence-electron chi connectivity index (χ1n) is 8.81. The second-order valence-electron chi connectivity index (χ2n) is 6.08. The van der Waals surface area contributed by atoms with Crippen LogP contribution >= 0.6 is 23.4 Å². The molecule has 2 aromatic carbocycles. The van der Waals surface area contributed by atoms with Crippen molar-refractivity contribution >= 4 is 46.9 Å². The lowest BCUT2D eigenvalue weighted by molar-refractivity contribution is -0.113. The molecule has 0 aliphatic carbocycles. The molecule has 11 heteroatoms. The van der Waals surface area contributed by atoms with Crippen molar-refractivity contribution < 1.29 is 23.9 Å². The van der Waals surface area contributed by atoms with Crippen LogP contribution in [0.1, 0.15) is 20.7 Å². The predicted molar refractivity (Wildman–Crippen MR) is 115 cm³/mol. The van der Waals surface area contributed by atoms with E-state index in [-0.39, 0.29) is 28.5 Å². The maximum absolute atomic E-state index is 12.5. The number of carbonyl (C=O) groups is 3. The fourth-order valence-electron chi connectivity index (χ4n) is 2.62. The van der Waals surface area contributed by atoms with Crippen LogP contribution in [0.2, 0.25) is 5.02 Å². The Bertz CT molecular complexity index is 1100. The number of hydrogen-bond acceptors (Lipinski definition) is 8. The number of methoxy groups -OCH3 is 2. The minimum absolute atomic E-state index is 0.00919. The Morgan fingerprint density at radius 2 is 1.74 bits per heavy atom. The maximum atomic E-state index is 12.5. The minimum Gasteiger partial charge on any atom is -0.465 e. The van der Waals surface area contributed by atoms with Gasteiger partial charge in [0.1, 0.15) is 6.33 Å². The van der Waals surface area contributed by atoms with E-state index in [1.807, 2.05) is 6.07 Å². The number of amides is 1. The molecule has 0 bridgehead atoms. The molecule has 160 valence electrons. The molecule has 1 aromatic heterocycles. The van der Waals surface area contributed by atoms with Gasteiger partial charge in [0.2, 0.25) is 5.91 Å². The van der Waals surface area contributed by atoms with E-state index in [0.29, 0.717) is 10.2 Å². The zero-order valence-corrected chi connectivity index (χ0v) is 18.1. The summed E-state index contributed by atoms with van der Waals surface area (Å²) in [6, 6.07) is 11.3. The fraction of sp³-hybridized carbons (Fsp3) is 0.150. The summed E-state index contributed by atoms with van der Waals surface area (Å²) in [6.45, 7) is 0. The molecule has 0 aliphatic heterocycles. The van der Waals surface area contributed by atoms with Crippen LogP contribution in [0.15, 0.2) is 53.9 Å². The molecule has 0 atom stereocenters. The lowest BCUT2D eigenvalue weighted by Crippen LogP contribution is -2.16. The van der Waals surface area contributed by atoms with Crippen LogP contribution in [-0.4, -0.2) is 52.6 Å². The van der Waals surface area contributed by atoms with Crippen LogP contribution in [0, 0.1) is 0 Å². The van der Waals surface area contributed by atoms with Gasteiger partial charge in [0.05, 0.1) is 36.8 Å². The average molecular weight is 461 g/mol. The van der Waals surface area contributed by atoms with Crippen molar-refractivity contribution in [2.45, 2.75) is 5.16 Å². The molecule has 3 aromatic rings. The SMILES string of the molecule is COC(=O)c1cc(NC(=O)CSc2nncn2-c2cccc(Cl)c2)cc(C(=O)OC)c1. The number of benzene rings is 2. The van der Waals surface area contributed by atoms with Crippen LogP contribution in [0.4, 0.5) is 5.69 Å². The third-order valence-electron chi connectivity index (χ3n) is 3.99. The first-order valence-corrected chi connectivity index (χ1v) is 10.2. The van der Waals surface area contributed by atoms with Crippen molar-refractivity contribution in [2.75, 3.05) is 25.3 Å². The first-order chi connectivity index (χ1) is 14.9. The second-order valence-corrected chi connectivity index (χ2v) is 7.46. The van der Waals surface area contributed by atoms with Gasteiger partial charge in [-0.15, -0.1) is 10.2 Å². The van der Waals surface area contributed by atoms with Gasteiger partial charge in [0.15, 0.2) is 5.16 Å². The fourth-order valence-corrected chi connectivity index (χ4v) is 3.54. The van der Waals surface area contributed by atoms with Gasteiger partial charge >= 0.3 is 11.9 Å². The lowest BCUT2D eigenvalue weighted by Gasteiger charge is -2.10. The van der Waals surface area contributed by atoms with Gasteiger partial charge in [0.25, 0.3) is 0 Å². The third kappa shape index (κ3) is 5.62. The largest absolute Gasteiger partial charge is 0.465 e. The van der Waals surface area contributed by atoms with Gasteiger partial charge < -0.3 is 14.8 Å². The summed E-state index contributed by atoms with van der Waals surface area (Å²) in [5.74, 6) is -1.66. The molecular formula is C20H17ClN4O5S. The molecule has 0 saturated carbocycles. The van der Waals surface area contributed by atoms with E-state index in [9.17, 15) is 14.4 Å². The summed E-state index contributed by atoms with van der Waals surface area (Å²) in [6.07, 6.45) is 1.52. The number of thioether (sulfide) groups is 1. The molecule has 0 spiro atoms. The van der Waals surface area contributed by atoms with Gasteiger partial charge in [-0.2, -0.15) is 0 Å². The highest BCUT2D eigenvalue weighted by Gasteiger charge is 2.16. The Morgan fingerprint density at radius 3 is 2.35 bits per heavy atom. The van der Waals surface area contributed by atoms with Crippen LogP contribution in [0.5, 0.6) is 0 Å². The molecule has 0 unspecified atom stereocenters. The summed E-state index contributed by atoms with van der Waals surface area (Å²) in [5, 5.41) is 11.6. The Kier molecular flexibility index (Phi) is 7.27. The Hall–Kier alpha value is -3.37. The lowest BCUT2D eigenvalue weighted by atomic mass is 10.1. The standard InChI is InChI=1S/C20H17ClN4O5S/c1-29-18(27)12-6-13(19(28)30-2)8-15(7-12)23-17(26)10-31-20-24-22-11-25(20)16-5-3-4-14(21)9-16/h3-9,11H,10H2,1-2H3,(H,23,26). The summed E-state index contributed by atoms with van der Waals surface area (Å²) in [7, 11) is 2.44. The summed E-state index contributed by atoms with van der Waals surface area (Å²) >= 11 is 7.19. The molecule has 0 fully saturated rings. The minimum atomic E-state index is -0.648. The predicted octanol–water partition coefficient (Wildman–Crippen LogP) is 3.22. The van der Waals surface area contributed by atoms with Crippen LogP contribution in [-0.2, 0) is 14.3 Å². The number of anilines is 1.